The van der Waals surface area contributed by atoms with E-state index in [-0.39, 0.29) is 12.1 Å². The van der Waals surface area contributed by atoms with Crippen LogP contribution in [0.1, 0.15) is 80.2 Å². The first-order chi connectivity index (χ1) is 10.9. The highest BCUT2D eigenvalue weighted by atomic mass is 16.6. The van der Waals surface area contributed by atoms with Crippen molar-refractivity contribution in [2.45, 2.75) is 70.1 Å². The molecule has 2 bridgehead atoms. The van der Waals surface area contributed by atoms with E-state index in [1.54, 1.807) is 0 Å². The maximum absolute atomic E-state index is 12.2. The number of hydrogen-bond acceptors (Lipinski definition) is 3. The zero-order chi connectivity index (χ0) is 16.2. The van der Waals surface area contributed by atoms with E-state index in [1.807, 2.05) is 20.8 Å². The van der Waals surface area contributed by atoms with Gasteiger partial charge in [0.25, 0.3) is 0 Å². The predicted molar refractivity (Wildman–Crippen MR) is 87.5 cm³/mol. The Morgan fingerprint density at radius 1 is 1.22 bits per heavy atom. The van der Waals surface area contributed by atoms with Crippen molar-refractivity contribution in [3.63, 3.8) is 0 Å². The molecule has 3 atom stereocenters. The Bertz CT molecular complexity index is 647. The Balaban J connectivity index is 1.65. The van der Waals surface area contributed by atoms with Crippen molar-refractivity contribution >= 4 is 6.09 Å². The van der Waals surface area contributed by atoms with Crippen molar-refractivity contribution in [2.24, 2.45) is 0 Å². The Morgan fingerprint density at radius 3 is 2.78 bits per heavy atom. The number of fused-ring (bicyclic) bond motifs is 7. The third-order valence-electron chi connectivity index (χ3n) is 5.27. The molecular formula is C19H25NO3. The van der Waals surface area contributed by atoms with E-state index in [4.69, 9.17) is 9.47 Å². The molecule has 1 amide bonds. The zero-order valence-electron chi connectivity index (χ0n) is 14.1. The molecule has 1 fully saturated rings. The summed E-state index contributed by atoms with van der Waals surface area (Å²) < 4.78 is 11.1. The molecule has 1 aliphatic heterocycles. The first kappa shape index (κ1) is 15.0. The molecule has 0 aromatic heterocycles. The van der Waals surface area contributed by atoms with E-state index in [0.717, 1.165) is 5.92 Å². The second-order valence-electron chi connectivity index (χ2n) is 8.06. The third kappa shape index (κ3) is 2.63. The molecule has 1 N–H and O–H groups in total. The summed E-state index contributed by atoms with van der Waals surface area (Å²) in [5, 5.41) is 3.03. The molecule has 2 aliphatic carbocycles. The van der Waals surface area contributed by atoms with Gasteiger partial charge in [-0.2, -0.15) is 0 Å². The largest absolute Gasteiger partial charge is 0.444 e. The molecule has 124 valence electrons. The molecule has 1 saturated carbocycles. The molecule has 1 aromatic carbocycles. The van der Waals surface area contributed by atoms with Crippen LogP contribution < -0.4 is 5.32 Å². The van der Waals surface area contributed by atoms with Gasteiger partial charge in [0.1, 0.15) is 5.60 Å². The minimum Gasteiger partial charge on any atom is -0.444 e. The highest BCUT2D eigenvalue weighted by Gasteiger charge is 2.41. The van der Waals surface area contributed by atoms with Crippen LogP contribution in [0.4, 0.5) is 4.79 Å². The summed E-state index contributed by atoms with van der Waals surface area (Å²) in [6, 6.07) is 4.39. The van der Waals surface area contributed by atoms with Gasteiger partial charge < -0.3 is 14.8 Å². The lowest BCUT2D eigenvalue weighted by molar-refractivity contribution is 0.0388. The SMILES string of the molecule is CC(C)(C)OC(=O)N[C@@H]1COCc2ccc3c(c21)[C@@H]1CC[C@H]3C1. The van der Waals surface area contributed by atoms with Crippen LogP contribution in [0.2, 0.25) is 0 Å². The molecule has 4 rings (SSSR count). The topological polar surface area (TPSA) is 47.6 Å². The fourth-order valence-electron chi connectivity index (χ4n) is 4.51. The van der Waals surface area contributed by atoms with Crippen molar-refractivity contribution in [1.82, 2.24) is 5.32 Å². The van der Waals surface area contributed by atoms with E-state index >= 15 is 0 Å². The van der Waals surface area contributed by atoms with Crippen LogP contribution in [-0.4, -0.2) is 18.3 Å². The molecule has 0 unspecified atom stereocenters. The number of carbonyl (C=O) groups is 1. The van der Waals surface area contributed by atoms with Crippen molar-refractivity contribution in [1.29, 1.82) is 0 Å². The minimum absolute atomic E-state index is 0.0945. The van der Waals surface area contributed by atoms with E-state index in [0.29, 0.717) is 19.1 Å². The normalized spacial score (nSPS) is 28.2. The lowest BCUT2D eigenvalue weighted by Crippen LogP contribution is -2.39. The Labute approximate surface area is 137 Å². The van der Waals surface area contributed by atoms with Gasteiger partial charge in [-0.3, -0.25) is 0 Å². The average molecular weight is 315 g/mol. The summed E-state index contributed by atoms with van der Waals surface area (Å²) in [7, 11) is 0. The van der Waals surface area contributed by atoms with Crippen LogP contribution in [-0.2, 0) is 16.1 Å². The number of nitrogens with one attached hydrogen (secondary N) is 1. The Kier molecular flexibility index (Phi) is 3.41. The number of hydrogen-bond donors (Lipinski definition) is 1. The van der Waals surface area contributed by atoms with E-state index in [2.05, 4.69) is 17.4 Å². The summed E-state index contributed by atoms with van der Waals surface area (Å²) in [5.41, 5.74) is 5.07. The lowest BCUT2D eigenvalue weighted by atomic mass is 9.82. The molecule has 0 saturated heterocycles. The maximum Gasteiger partial charge on any atom is 0.408 e. The summed E-state index contributed by atoms with van der Waals surface area (Å²) in [6.07, 6.45) is 3.52. The summed E-state index contributed by atoms with van der Waals surface area (Å²) >= 11 is 0. The first-order valence-electron chi connectivity index (χ1n) is 8.65. The molecule has 4 nitrogen and oxygen atoms in total. The van der Waals surface area contributed by atoms with Crippen molar-refractivity contribution in [3.05, 3.63) is 34.4 Å². The quantitative estimate of drug-likeness (QED) is 0.847. The van der Waals surface area contributed by atoms with E-state index < -0.39 is 5.60 Å². The van der Waals surface area contributed by atoms with Gasteiger partial charge in [0.2, 0.25) is 0 Å². The number of alkyl carbamates (subject to hydrolysis) is 1. The summed E-state index contributed by atoms with van der Waals surface area (Å²) in [6.45, 7) is 6.82. The van der Waals surface area contributed by atoms with Crippen molar-refractivity contribution in [2.75, 3.05) is 6.61 Å². The van der Waals surface area contributed by atoms with Crippen LogP contribution >= 0.6 is 0 Å². The average Bonchev–Trinajstić information content (AvgIpc) is 3.06. The number of benzene rings is 1. The summed E-state index contributed by atoms with van der Waals surface area (Å²) in [5.74, 6) is 1.40. The van der Waals surface area contributed by atoms with Crippen LogP contribution in [0.15, 0.2) is 12.1 Å². The van der Waals surface area contributed by atoms with E-state index in [9.17, 15) is 4.79 Å². The molecule has 0 radical (unpaired) electrons. The van der Waals surface area contributed by atoms with Crippen LogP contribution in [0, 0.1) is 0 Å². The van der Waals surface area contributed by atoms with Gasteiger partial charge in [-0.05, 0) is 74.1 Å². The van der Waals surface area contributed by atoms with E-state index in [1.165, 1.54) is 41.5 Å². The van der Waals surface area contributed by atoms with Gasteiger partial charge in [0.05, 0.1) is 19.3 Å². The molecule has 3 aliphatic rings. The smallest absolute Gasteiger partial charge is 0.408 e. The minimum atomic E-state index is -0.486. The Hall–Kier alpha value is -1.55. The highest BCUT2D eigenvalue weighted by molar-refractivity contribution is 5.69. The molecule has 1 aromatic rings. The molecule has 4 heteroatoms. The zero-order valence-corrected chi connectivity index (χ0v) is 14.1. The van der Waals surface area contributed by atoms with Crippen LogP contribution in [0.25, 0.3) is 0 Å². The van der Waals surface area contributed by atoms with Gasteiger partial charge in [0, 0.05) is 0 Å². The number of carbonyl (C=O) groups excluding carboxylic acids is 1. The molecule has 1 heterocycles. The Morgan fingerprint density at radius 2 is 2.00 bits per heavy atom. The van der Waals surface area contributed by atoms with Gasteiger partial charge in [-0.15, -0.1) is 0 Å². The standard InChI is InChI=1S/C19H25NO3/c1-19(2,3)23-18(21)20-15-10-22-9-13-6-7-14-11-4-5-12(8-11)16(14)17(13)15/h6-7,11-12,15H,4-5,8-10H2,1-3H3,(H,20,21)/t11-,12+,15+/m0/s1. The van der Waals surface area contributed by atoms with Gasteiger partial charge in [-0.25, -0.2) is 4.79 Å². The van der Waals surface area contributed by atoms with Crippen LogP contribution in [0.3, 0.4) is 0 Å². The van der Waals surface area contributed by atoms with Gasteiger partial charge >= 0.3 is 6.09 Å². The third-order valence-corrected chi connectivity index (χ3v) is 5.27. The van der Waals surface area contributed by atoms with Crippen molar-refractivity contribution < 1.29 is 14.3 Å². The fraction of sp³-hybridized carbons (Fsp3) is 0.632. The first-order valence-corrected chi connectivity index (χ1v) is 8.65. The monoisotopic (exact) mass is 315 g/mol. The predicted octanol–water partition coefficient (Wildman–Crippen LogP) is 4.15. The maximum atomic E-state index is 12.2. The summed E-state index contributed by atoms with van der Waals surface area (Å²) in [4.78, 5) is 12.2. The second-order valence-corrected chi connectivity index (χ2v) is 8.06. The lowest BCUT2D eigenvalue weighted by Gasteiger charge is -2.32. The van der Waals surface area contributed by atoms with Gasteiger partial charge in [-0.1, -0.05) is 12.1 Å². The number of amides is 1. The molecule has 0 spiro atoms. The second kappa shape index (κ2) is 5.23. The van der Waals surface area contributed by atoms with Crippen LogP contribution in [0.5, 0.6) is 0 Å². The molecular weight excluding hydrogens is 290 g/mol. The number of ether oxygens (including phenoxy) is 2. The van der Waals surface area contributed by atoms with Crippen molar-refractivity contribution in [3.8, 4) is 0 Å². The number of rotatable bonds is 1. The van der Waals surface area contributed by atoms with Gasteiger partial charge in [0.15, 0.2) is 0 Å². The molecule has 23 heavy (non-hydrogen) atoms. The fourth-order valence-corrected chi connectivity index (χ4v) is 4.51. The highest BCUT2D eigenvalue weighted by Crippen LogP contribution is 2.55.